The number of nitrogens with zero attached hydrogens (tertiary/aromatic N) is 6. The van der Waals surface area contributed by atoms with E-state index in [1.807, 2.05) is 30.7 Å². The average Bonchev–Trinajstić information content (AvgIpc) is 3.31. The Balaban J connectivity index is 1.33. The molecule has 32 heavy (non-hydrogen) atoms. The monoisotopic (exact) mass is 447 g/mol. The zero-order valence-corrected chi connectivity index (χ0v) is 18.6. The van der Waals surface area contributed by atoms with Gasteiger partial charge in [0.1, 0.15) is 11.6 Å². The van der Waals surface area contributed by atoms with Crippen molar-refractivity contribution in [1.82, 2.24) is 30.1 Å². The van der Waals surface area contributed by atoms with Crippen LogP contribution >= 0.6 is 11.8 Å². The van der Waals surface area contributed by atoms with Gasteiger partial charge in [0.25, 0.3) is 0 Å². The lowest BCUT2D eigenvalue weighted by Gasteiger charge is -2.32. The fourth-order valence-electron chi connectivity index (χ4n) is 4.09. The molecular formula is C22H25N9S. The van der Waals surface area contributed by atoms with E-state index in [9.17, 15) is 0 Å². The number of rotatable bonds is 6. The number of nitrogen functional groups attached to an aromatic ring is 1. The Morgan fingerprint density at radius 1 is 1.19 bits per heavy atom. The van der Waals surface area contributed by atoms with Crippen LogP contribution in [0, 0.1) is 5.92 Å². The van der Waals surface area contributed by atoms with Gasteiger partial charge in [-0.2, -0.15) is 5.10 Å². The van der Waals surface area contributed by atoms with Gasteiger partial charge >= 0.3 is 0 Å². The van der Waals surface area contributed by atoms with Crippen LogP contribution in [0.15, 0.2) is 48.0 Å². The Morgan fingerprint density at radius 3 is 2.78 bits per heavy atom. The fraction of sp³-hybridized carbons (Fsp3) is 0.318. The van der Waals surface area contributed by atoms with Crippen LogP contribution in [0.4, 0.5) is 17.6 Å². The molecule has 1 aromatic carbocycles. The van der Waals surface area contributed by atoms with Crippen molar-refractivity contribution in [2.45, 2.75) is 18.0 Å². The summed E-state index contributed by atoms with van der Waals surface area (Å²) in [6.07, 6.45) is 9.48. The summed E-state index contributed by atoms with van der Waals surface area (Å²) in [6, 6.07) is 7.94. The number of aromatic amines is 1. The highest BCUT2D eigenvalue weighted by molar-refractivity contribution is 7.98. The highest BCUT2D eigenvalue weighted by Crippen LogP contribution is 2.34. The van der Waals surface area contributed by atoms with Gasteiger partial charge in [-0.1, -0.05) is 17.8 Å². The summed E-state index contributed by atoms with van der Waals surface area (Å²) >= 11 is 1.49. The smallest absolute Gasteiger partial charge is 0.225 e. The number of nitrogens with two attached hydrogens (primary N) is 1. The number of aromatic nitrogens is 6. The Hall–Kier alpha value is -3.40. The van der Waals surface area contributed by atoms with Gasteiger partial charge in [0.15, 0.2) is 5.16 Å². The zero-order valence-electron chi connectivity index (χ0n) is 17.8. The average molecular weight is 448 g/mol. The molecule has 0 saturated carbocycles. The van der Waals surface area contributed by atoms with E-state index in [0.29, 0.717) is 16.9 Å². The van der Waals surface area contributed by atoms with Crippen LogP contribution in [0.2, 0.25) is 0 Å². The van der Waals surface area contributed by atoms with E-state index in [1.54, 1.807) is 12.4 Å². The minimum absolute atomic E-state index is 0.478. The van der Waals surface area contributed by atoms with Crippen molar-refractivity contribution in [3.8, 4) is 11.1 Å². The molecule has 3 aromatic heterocycles. The van der Waals surface area contributed by atoms with Crippen LogP contribution in [-0.2, 0) is 0 Å². The first-order valence-corrected chi connectivity index (χ1v) is 11.8. The van der Waals surface area contributed by atoms with Gasteiger partial charge in [0.2, 0.25) is 5.95 Å². The van der Waals surface area contributed by atoms with Crippen molar-refractivity contribution in [3.63, 3.8) is 0 Å². The van der Waals surface area contributed by atoms with Gasteiger partial charge in [-0.15, -0.1) is 0 Å². The molecule has 1 fully saturated rings. The largest absolute Gasteiger partial charge is 0.383 e. The number of nitrogens with one attached hydrogen (secondary N) is 2. The number of piperidine rings is 1. The maximum Gasteiger partial charge on any atom is 0.225 e. The molecule has 10 heteroatoms. The standard InChI is InChI=1S/C22H25N9S/c1-32-22-28-19(23)18(15-3-4-17-16(11-15)13-27-30-17)20(29-22)26-12-14-5-9-31(10-6-14)21-24-7-2-8-25-21/h2-4,7-8,11,13-14H,5-6,9-10,12H2,1H3,(H,27,30)(H3,23,26,28,29). The van der Waals surface area contributed by atoms with Gasteiger partial charge in [-0.25, -0.2) is 19.9 Å². The van der Waals surface area contributed by atoms with Crippen LogP contribution in [0.5, 0.6) is 0 Å². The first-order valence-electron chi connectivity index (χ1n) is 10.6. The Morgan fingerprint density at radius 2 is 2.00 bits per heavy atom. The molecule has 0 radical (unpaired) electrons. The number of hydrogen-bond acceptors (Lipinski definition) is 9. The summed E-state index contributed by atoms with van der Waals surface area (Å²) in [5, 5.41) is 12.4. The number of anilines is 3. The van der Waals surface area contributed by atoms with Crippen molar-refractivity contribution < 1.29 is 0 Å². The number of thioether (sulfide) groups is 1. The third-order valence-electron chi connectivity index (χ3n) is 5.84. The molecule has 0 bridgehead atoms. The minimum atomic E-state index is 0.478. The fourth-order valence-corrected chi connectivity index (χ4v) is 4.46. The molecule has 4 aromatic rings. The second-order valence-corrected chi connectivity index (χ2v) is 8.62. The third-order valence-corrected chi connectivity index (χ3v) is 6.38. The molecular weight excluding hydrogens is 422 g/mol. The van der Waals surface area contributed by atoms with Crippen molar-refractivity contribution in [2.75, 3.05) is 41.8 Å². The van der Waals surface area contributed by atoms with E-state index in [1.165, 1.54) is 11.8 Å². The minimum Gasteiger partial charge on any atom is -0.383 e. The van der Waals surface area contributed by atoms with E-state index in [0.717, 1.165) is 66.3 Å². The number of benzene rings is 1. The van der Waals surface area contributed by atoms with E-state index >= 15 is 0 Å². The maximum atomic E-state index is 6.39. The molecule has 0 atom stereocenters. The number of fused-ring (bicyclic) bond motifs is 1. The zero-order chi connectivity index (χ0) is 21.9. The Kier molecular flexibility index (Phi) is 5.76. The quantitative estimate of drug-likeness (QED) is 0.301. The molecule has 5 rings (SSSR count). The molecule has 164 valence electrons. The number of H-pyrrole nitrogens is 1. The van der Waals surface area contributed by atoms with Crippen LogP contribution in [0.25, 0.3) is 22.0 Å². The van der Waals surface area contributed by atoms with Gasteiger partial charge in [-0.3, -0.25) is 5.10 Å². The topological polar surface area (TPSA) is 122 Å². The summed E-state index contributed by atoms with van der Waals surface area (Å²) in [7, 11) is 0. The van der Waals surface area contributed by atoms with E-state index in [4.69, 9.17) is 10.7 Å². The summed E-state index contributed by atoms with van der Waals surface area (Å²) < 4.78 is 0. The van der Waals surface area contributed by atoms with Crippen LogP contribution < -0.4 is 16.0 Å². The van der Waals surface area contributed by atoms with Crippen molar-refractivity contribution >= 4 is 40.2 Å². The normalized spacial score (nSPS) is 14.7. The lowest BCUT2D eigenvalue weighted by molar-refractivity contribution is 0.419. The predicted octanol–water partition coefficient (Wildman–Crippen LogP) is 3.44. The van der Waals surface area contributed by atoms with Crippen LogP contribution in [0.1, 0.15) is 12.8 Å². The Labute approximate surface area is 190 Å². The molecule has 1 aliphatic heterocycles. The molecule has 0 spiro atoms. The highest BCUT2D eigenvalue weighted by atomic mass is 32.2. The third kappa shape index (κ3) is 4.18. The SMILES string of the molecule is CSc1nc(N)c(-c2ccc3[nH]ncc3c2)c(NCC2CCN(c3ncccn3)CC2)n1. The highest BCUT2D eigenvalue weighted by Gasteiger charge is 2.22. The van der Waals surface area contributed by atoms with Crippen molar-refractivity contribution in [1.29, 1.82) is 0 Å². The summed E-state index contributed by atoms with van der Waals surface area (Å²) in [4.78, 5) is 20.2. The van der Waals surface area contributed by atoms with Crippen molar-refractivity contribution in [2.24, 2.45) is 5.92 Å². The van der Waals surface area contributed by atoms with E-state index in [-0.39, 0.29) is 0 Å². The van der Waals surface area contributed by atoms with E-state index in [2.05, 4.69) is 41.4 Å². The van der Waals surface area contributed by atoms with Crippen molar-refractivity contribution in [3.05, 3.63) is 42.9 Å². The van der Waals surface area contributed by atoms with Gasteiger partial charge in [0.05, 0.1) is 17.3 Å². The molecule has 4 heterocycles. The van der Waals surface area contributed by atoms with Crippen LogP contribution in [-0.4, -0.2) is 56.0 Å². The second-order valence-electron chi connectivity index (χ2n) is 7.85. The van der Waals surface area contributed by atoms with Crippen LogP contribution in [0.3, 0.4) is 0 Å². The summed E-state index contributed by atoms with van der Waals surface area (Å²) in [5.74, 6) is 2.60. The molecule has 1 saturated heterocycles. The molecule has 4 N–H and O–H groups in total. The molecule has 1 aliphatic rings. The van der Waals surface area contributed by atoms with E-state index < -0.39 is 0 Å². The maximum absolute atomic E-state index is 6.39. The Bertz CT molecular complexity index is 1200. The van der Waals surface area contributed by atoms with Gasteiger partial charge < -0.3 is 16.0 Å². The molecule has 0 aliphatic carbocycles. The first kappa shape index (κ1) is 20.5. The summed E-state index contributed by atoms with van der Waals surface area (Å²) in [5.41, 5.74) is 9.18. The molecule has 0 amide bonds. The predicted molar refractivity (Wildman–Crippen MR) is 129 cm³/mol. The lowest BCUT2D eigenvalue weighted by Crippen LogP contribution is -2.36. The number of hydrogen-bond donors (Lipinski definition) is 3. The first-order chi connectivity index (χ1) is 15.7. The lowest BCUT2D eigenvalue weighted by atomic mass is 9.96. The molecule has 0 unspecified atom stereocenters. The second kappa shape index (κ2) is 8.99. The van der Waals surface area contributed by atoms with Gasteiger partial charge in [-0.05, 0) is 48.8 Å². The molecule has 9 nitrogen and oxygen atoms in total. The van der Waals surface area contributed by atoms with Gasteiger partial charge in [0, 0.05) is 37.4 Å². The summed E-state index contributed by atoms with van der Waals surface area (Å²) in [6.45, 7) is 2.72.